The molecule has 144 valence electrons. The van der Waals surface area contributed by atoms with E-state index in [1.54, 1.807) is 55.3 Å². The Hall–Kier alpha value is -3.41. The fourth-order valence-corrected chi connectivity index (χ4v) is 2.71. The van der Waals surface area contributed by atoms with E-state index >= 15 is 0 Å². The lowest BCUT2D eigenvalue weighted by Crippen LogP contribution is -2.25. The van der Waals surface area contributed by atoms with Crippen LogP contribution in [0.15, 0.2) is 67.0 Å². The maximum absolute atomic E-state index is 12.5. The molecule has 6 heteroatoms. The molecule has 3 rings (SSSR count). The number of carbonyl (C=O) groups excluding carboxylic acids is 2. The zero-order valence-electron chi connectivity index (χ0n) is 15.9. The second-order valence-electron chi connectivity index (χ2n) is 6.49. The SMILES string of the molecule is CC(OC(=O)Cc1cnn(C)c1)C(=O)c1ccc(OCc2ccccc2)cc1. The smallest absolute Gasteiger partial charge is 0.311 e. The first kappa shape index (κ1) is 19.4. The molecule has 3 aromatic rings. The zero-order valence-corrected chi connectivity index (χ0v) is 15.9. The van der Waals surface area contributed by atoms with Crippen LogP contribution in [0, 0.1) is 0 Å². The van der Waals surface area contributed by atoms with Gasteiger partial charge in [0.1, 0.15) is 12.4 Å². The summed E-state index contributed by atoms with van der Waals surface area (Å²) >= 11 is 0. The average Bonchev–Trinajstić information content (AvgIpc) is 3.11. The highest BCUT2D eigenvalue weighted by Crippen LogP contribution is 2.16. The minimum Gasteiger partial charge on any atom is -0.489 e. The summed E-state index contributed by atoms with van der Waals surface area (Å²) in [5.41, 5.74) is 2.28. The van der Waals surface area contributed by atoms with Crippen molar-refractivity contribution >= 4 is 11.8 Å². The standard InChI is InChI=1S/C22H22N2O4/c1-16(28-21(25)12-18-13-23-24(2)14-18)22(26)19-8-10-20(11-9-19)27-15-17-6-4-3-5-7-17/h3-11,13-14,16H,12,15H2,1-2H3. The first-order valence-electron chi connectivity index (χ1n) is 8.99. The molecule has 0 radical (unpaired) electrons. The molecule has 0 fully saturated rings. The van der Waals surface area contributed by atoms with E-state index in [1.807, 2.05) is 30.3 Å². The van der Waals surface area contributed by atoms with Gasteiger partial charge in [0, 0.05) is 24.4 Å². The van der Waals surface area contributed by atoms with Gasteiger partial charge in [-0.3, -0.25) is 14.3 Å². The summed E-state index contributed by atoms with van der Waals surface area (Å²) in [4.78, 5) is 24.5. The molecule has 0 amide bonds. The summed E-state index contributed by atoms with van der Waals surface area (Å²) in [5.74, 6) is -0.0487. The molecule has 0 aliphatic carbocycles. The van der Waals surface area contributed by atoms with Crippen molar-refractivity contribution in [2.75, 3.05) is 0 Å². The Morgan fingerprint density at radius 3 is 2.39 bits per heavy atom. The molecule has 1 aromatic heterocycles. The summed E-state index contributed by atoms with van der Waals surface area (Å²) in [7, 11) is 1.77. The second kappa shape index (κ2) is 8.99. The number of carbonyl (C=O) groups is 2. The van der Waals surface area contributed by atoms with Crippen LogP contribution in [-0.2, 0) is 29.6 Å². The van der Waals surface area contributed by atoms with Crippen molar-refractivity contribution in [1.29, 1.82) is 0 Å². The maximum Gasteiger partial charge on any atom is 0.311 e. The Balaban J connectivity index is 1.52. The Morgan fingerprint density at radius 2 is 1.75 bits per heavy atom. The van der Waals surface area contributed by atoms with Crippen LogP contribution in [0.4, 0.5) is 0 Å². The van der Waals surface area contributed by atoms with E-state index in [1.165, 1.54) is 0 Å². The van der Waals surface area contributed by atoms with Crippen molar-refractivity contribution in [3.63, 3.8) is 0 Å². The summed E-state index contributed by atoms with van der Waals surface area (Å²) in [6.45, 7) is 2.03. The molecule has 0 aliphatic rings. The Kier molecular flexibility index (Phi) is 6.22. The number of esters is 1. The lowest BCUT2D eigenvalue weighted by Gasteiger charge is -2.12. The number of rotatable bonds is 8. The number of hydrogen-bond donors (Lipinski definition) is 0. The van der Waals surface area contributed by atoms with Crippen molar-refractivity contribution in [2.24, 2.45) is 7.05 Å². The van der Waals surface area contributed by atoms with E-state index in [2.05, 4.69) is 5.10 Å². The number of ketones is 1. The highest BCUT2D eigenvalue weighted by molar-refractivity contribution is 6.00. The van der Waals surface area contributed by atoms with Gasteiger partial charge in [-0.1, -0.05) is 30.3 Å². The van der Waals surface area contributed by atoms with E-state index in [4.69, 9.17) is 9.47 Å². The van der Waals surface area contributed by atoms with Crippen molar-refractivity contribution in [3.05, 3.63) is 83.7 Å². The van der Waals surface area contributed by atoms with E-state index < -0.39 is 12.1 Å². The molecule has 0 N–H and O–H groups in total. The van der Waals surface area contributed by atoms with Crippen molar-refractivity contribution in [2.45, 2.75) is 26.1 Å². The van der Waals surface area contributed by atoms with Gasteiger partial charge in [-0.05, 0) is 36.8 Å². The minimum atomic E-state index is -0.861. The summed E-state index contributed by atoms with van der Waals surface area (Å²) in [5, 5.41) is 4.00. The monoisotopic (exact) mass is 378 g/mol. The van der Waals surface area contributed by atoms with Crippen LogP contribution in [0.5, 0.6) is 5.75 Å². The van der Waals surface area contributed by atoms with Crippen molar-refractivity contribution < 1.29 is 19.1 Å². The van der Waals surface area contributed by atoms with Gasteiger partial charge < -0.3 is 9.47 Å². The largest absolute Gasteiger partial charge is 0.489 e. The predicted octanol–water partition coefficient (Wildman–Crippen LogP) is 3.36. The topological polar surface area (TPSA) is 70.4 Å². The van der Waals surface area contributed by atoms with Gasteiger partial charge in [-0.25, -0.2) is 0 Å². The molecule has 0 aliphatic heterocycles. The highest BCUT2D eigenvalue weighted by atomic mass is 16.5. The van der Waals surface area contributed by atoms with Crippen LogP contribution < -0.4 is 4.74 Å². The Bertz CT molecular complexity index is 933. The highest BCUT2D eigenvalue weighted by Gasteiger charge is 2.20. The molecule has 0 saturated heterocycles. The normalized spacial score (nSPS) is 11.6. The van der Waals surface area contributed by atoms with Crippen molar-refractivity contribution in [3.8, 4) is 5.75 Å². The molecule has 0 saturated carbocycles. The van der Waals surface area contributed by atoms with E-state index in [9.17, 15) is 9.59 Å². The fourth-order valence-electron chi connectivity index (χ4n) is 2.71. The van der Waals surface area contributed by atoms with Gasteiger partial charge in [0.15, 0.2) is 6.10 Å². The fraction of sp³-hybridized carbons (Fsp3) is 0.227. The van der Waals surface area contributed by atoms with Crippen LogP contribution in [0.1, 0.15) is 28.4 Å². The predicted molar refractivity (Wildman–Crippen MR) is 104 cm³/mol. The van der Waals surface area contributed by atoms with Crippen LogP contribution in [-0.4, -0.2) is 27.6 Å². The van der Waals surface area contributed by atoms with Gasteiger partial charge in [-0.15, -0.1) is 0 Å². The van der Waals surface area contributed by atoms with Gasteiger partial charge >= 0.3 is 5.97 Å². The van der Waals surface area contributed by atoms with Crippen LogP contribution >= 0.6 is 0 Å². The van der Waals surface area contributed by atoms with Gasteiger partial charge in [-0.2, -0.15) is 5.10 Å². The minimum absolute atomic E-state index is 0.0811. The molecule has 0 spiro atoms. The van der Waals surface area contributed by atoms with Crippen LogP contribution in [0.2, 0.25) is 0 Å². The van der Waals surface area contributed by atoms with Gasteiger partial charge in [0.25, 0.3) is 0 Å². The Labute approximate surface area is 163 Å². The van der Waals surface area contributed by atoms with E-state index in [0.717, 1.165) is 11.1 Å². The lowest BCUT2D eigenvalue weighted by atomic mass is 10.1. The number of hydrogen-bond acceptors (Lipinski definition) is 5. The number of Topliss-reactive ketones (excluding diaryl/α,β-unsaturated/α-hetero) is 1. The van der Waals surface area contributed by atoms with Crippen molar-refractivity contribution in [1.82, 2.24) is 9.78 Å². The first-order chi connectivity index (χ1) is 13.5. The molecule has 6 nitrogen and oxygen atoms in total. The number of nitrogens with zero attached hydrogens (tertiary/aromatic N) is 2. The number of ether oxygens (including phenoxy) is 2. The number of aromatic nitrogens is 2. The molecule has 28 heavy (non-hydrogen) atoms. The molecule has 0 bridgehead atoms. The van der Waals surface area contributed by atoms with Gasteiger partial charge in [0.05, 0.1) is 12.6 Å². The lowest BCUT2D eigenvalue weighted by molar-refractivity contribution is -0.145. The average molecular weight is 378 g/mol. The van der Waals surface area contributed by atoms with Crippen LogP contribution in [0.25, 0.3) is 0 Å². The third-order valence-electron chi connectivity index (χ3n) is 4.17. The van der Waals surface area contributed by atoms with E-state index in [-0.39, 0.29) is 12.2 Å². The maximum atomic E-state index is 12.5. The van der Waals surface area contributed by atoms with Crippen LogP contribution in [0.3, 0.4) is 0 Å². The number of aryl methyl sites for hydroxylation is 1. The molecule has 1 atom stereocenters. The second-order valence-corrected chi connectivity index (χ2v) is 6.49. The third-order valence-corrected chi connectivity index (χ3v) is 4.17. The molecule has 1 unspecified atom stereocenters. The first-order valence-corrected chi connectivity index (χ1v) is 8.99. The summed E-state index contributed by atoms with van der Waals surface area (Å²) in [6.07, 6.45) is 2.56. The van der Waals surface area contributed by atoms with Gasteiger partial charge in [0.2, 0.25) is 5.78 Å². The summed E-state index contributed by atoms with van der Waals surface area (Å²) < 4.78 is 12.6. The molecule has 1 heterocycles. The third kappa shape index (κ3) is 5.30. The molecule has 2 aromatic carbocycles. The summed E-state index contributed by atoms with van der Waals surface area (Å²) in [6, 6.07) is 16.7. The quantitative estimate of drug-likeness (QED) is 0.444. The number of benzene rings is 2. The van der Waals surface area contributed by atoms with E-state index in [0.29, 0.717) is 17.9 Å². The molecular weight excluding hydrogens is 356 g/mol. The Morgan fingerprint density at radius 1 is 1.04 bits per heavy atom. The molecular formula is C22H22N2O4. The zero-order chi connectivity index (χ0) is 19.9.